The molecule has 0 aliphatic rings. The van der Waals surface area contributed by atoms with Crippen molar-refractivity contribution in [2.45, 2.75) is 6.04 Å². The van der Waals surface area contributed by atoms with E-state index in [-0.39, 0.29) is 6.04 Å². The highest BCUT2D eigenvalue weighted by Gasteiger charge is 2.18. The van der Waals surface area contributed by atoms with Crippen LogP contribution in [0.1, 0.15) is 11.6 Å². The molecule has 6 heteroatoms. The molecule has 0 aliphatic heterocycles. The summed E-state index contributed by atoms with van der Waals surface area (Å²) in [6.45, 7) is 0.745. The van der Waals surface area contributed by atoms with Crippen LogP contribution in [0.5, 0.6) is 5.75 Å². The summed E-state index contributed by atoms with van der Waals surface area (Å²) in [6.07, 6.45) is 0. The SMILES string of the molecule is COc1ccc([C@H](CNC(=S)Nc2cccc(Br)c2)[NH+](C)C)cc1. The zero-order valence-electron chi connectivity index (χ0n) is 14.1. The van der Waals surface area contributed by atoms with E-state index in [2.05, 4.69) is 52.8 Å². The van der Waals surface area contributed by atoms with E-state index in [0.29, 0.717) is 5.11 Å². The van der Waals surface area contributed by atoms with Gasteiger partial charge in [0.2, 0.25) is 0 Å². The molecule has 0 amide bonds. The van der Waals surface area contributed by atoms with Crippen molar-refractivity contribution in [2.75, 3.05) is 33.1 Å². The lowest BCUT2D eigenvalue weighted by Crippen LogP contribution is -3.07. The summed E-state index contributed by atoms with van der Waals surface area (Å²) >= 11 is 8.87. The van der Waals surface area contributed by atoms with Gasteiger partial charge in [-0.2, -0.15) is 0 Å². The molecule has 0 spiro atoms. The van der Waals surface area contributed by atoms with E-state index in [1.165, 1.54) is 10.5 Å². The minimum atomic E-state index is 0.290. The molecule has 0 heterocycles. The molecule has 0 aromatic heterocycles. The van der Waals surface area contributed by atoms with Crippen LogP contribution in [0.25, 0.3) is 0 Å². The van der Waals surface area contributed by atoms with Crippen LogP contribution in [0.4, 0.5) is 5.69 Å². The van der Waals surface area contributed by atoms with E-state index in [9.17, 15) is 0 Å². The summed E-state index contributed by atoms with van der Waals surface area (Å²) in [5.74, 6) is 0.867. The number of nitrogens with one attached hydrogen (secondary N) is 3. The number of anilines is 1. The maximum Gasteiger partial charge on any atom is 0.171 e. The minimum absolute atomic E-state index is 0.290. The Bertz CT molecular complexity index is 676. The van der Waals surface area contributed by atoms with Crippen LogP contribution in [0.15, 0.2) is 53.0 Å². The van der Waals surface area contributed by atoms with Crippen molar-refractivity contribution < 1.29 is 9.64 Å². The molecular weight excluding hydrogens is 386 g/mol. The maximum absolute atomic E-state index is 5.41. The number of likely N-dealkylation sites (N-methyl/N-ethyl adjacent to an activating group) is 1. The van der Waals surface area contributed by atoms with Crippen molar-refractivity contribution in [3.05, 3.63) is 58.6 Å². The monoisotopic (exact) mass is 408 g/mol. The van der Waals surface area contributed by atoms with E-state index in [4.69, 9.17) is 17.0 Å². The predicted octanol–water partition coefficient (Wildman–Crippen LogP) is 2.63. The molecule has 2 rings (SSSR count). The van der Waals surface area contributed by atoms with Gasteiger partial charge in [0, 0.05) is 15.7 Å². The molecule has 2 aromatic rings. The van der Waals surface area contributed by atoms with Crippen molar-refractivity contribution >= 4 is 38.9 Å². The molecule has 0 radical (unpaired) electrons. The van der Waals surface area contributed by atoms with Crippen LogP contribution in [0.2, 0.25) is 0 Å². The van der Waals surface area contributed by atoms with Crippen molar-refractivity contribution in [2.24, 2.45) is 0 Å². The first-order valence-electron chi connectivity index (χ1n) is 7.74. The molecule has 1 atom stereocenters. The standard InChI is InChI=1S/C18H22BrN3OS/c1-22(2)17(13-7-9-16(23-3)10-8-13)12-20-18(24)21-15-6-4-5-14(19)11-15/h4-11,17H,12H2,1-3H3,(H2,20,21,24)/p+1/t17-/m0/s1. The first-order chi connectivity index (χ1) is 11.5. The summed E-state index contributed by atoms with van der Waals surface area (Å²) < 4.78 is 6.24. The topological polar surface area (TPSA) is 37.7 Å². The lowest BCUT2D eigenvalue weighted by atomic mass is 10.1. The van der Waals surface area contributed by atoms with Crippen LogP contribution >= 0.6 is 28.1 Å². The normalized spacial score (nSPS) is 11.9. The molecule has 0 saturated heterocycles. The fourth-order valence-corrected chi connectivity index (χ4v) is 3.03. The maximum atomic E-state index is 5.41. The van der Waals surface area contributed by atoms with Crippen molar-refractivity contribution in [1.82, 2.24) is 5.32 Å². The molecule has 0 aliphatic carbocycles. The smallest absolute Gasteiger partial charge is 0.171 e. The van der Waals surface area contributed by atoms with Gasteiger partial charge in [-0.25, -0.2) is 0 Å². The number of hydrogen-bond donors (Lipinski definition) is 3. The van der Waals surface area contributed by atoms with Gasteiger partial charge in [-0.05, 0) is 54.7 Å². The summed E-state index contributed by atoms with van der Waals surface area (Å²) in [5, 5.41) is 7.14. The average Bonchev–Trinajstić information content (AvgIpc) is 2.55. The van der Waals surface area contributed by atoms with E-state index in [1.54, 1.807) is 7.11 Å². The Hall–Kier alpha value is -1.63. The fraction of sp³-hybridized carbons (Fsp3) is 0.278. The lowest BCUT2D eigenvalue weighted by Gasteiger charge is -2.23. The van der Waals surface area contributed by atoms with Crippen molar-refractivity contribution in [1.29, 1.82) is 0 Å². The third kappa shape index (κ3) is 5.47. The second kappa shape index (κ2) is 9.01. The molecule has 3 N–H and O–H groups in total. The first kappa shape index (κ1) is 18.7. The van der Waals surface area contributed by atoms with Gasteiger partial charge < -0.3 is 20.3 Å². The Balaban J connectivity index is 1.96. The number of hydrogen-bond acceptors (Lipinski definition) is 2. The van der Waals surface area contributed by atoms with Gasteiger partial charge >= 0.3 is 0 Å². The van der Waals surface area contributed by atoms with Gasteiger partial charge in [0.05, 0.1) is 27.7 Å². The van der Waals surface area contributed by atoms with Crippen molar-refractivity contribution in [3.8, 4) is 5.75 Å². The molecule has 0 unspecified atom stereocenters. The van der Waals surface area contributed by atoms with Crippen LogP contribution in [0, 0.1) is 0 Å². The Morgan fingerprint density at radius 3 is 2.50 bits per heavy atom. The van der Waals surface area contributed by atoms with Crippen LogP contribution < -0.4 is 20.3 Å². The number of benzene rings is 2. The van der Waals surface area contributed by atoms with Crippen LogP contribution in [0.3, 0.4) is 0 Å². The van der Waals surface area contributed by atoms with Crippen LogP contribution in [-0.4, -0.2) is 32.9 Å². The van der Waals surface area contributed by atoms with E-state index in [1.807, 2.05) is 36.4 Å². The summed E-state index contributed by atoms with van der Waals surface area (Å²) in [4.78, 5) is 1.33. The molecule has 4 nitrogen and oxygen atoms in total. The summed E-state index contributed by atoms with van der Waals surface area (Å²) in [7, 11) is 5.96. The average molecular weight is 409 g/mol. The number of methoxy groups -OCH3 is 1. The Labute approximate surface area is 157 Å². The molecule has 0 bridgehead atoms. The second-order valence-corrected chi connectivity index (χ2v) is 7.07. The molecule has 0 saturated carbocycles. The van der Waals surface area contributed by atoms with Crippen LogP contribution in [-0.2, 0) is 0 Å². The summed E-state index contributed by atoms with van der Waals surface area (Å²) in [5.41, 5.74) is 2.20. The number of quaternary nitrogens is 1. The quantitative estimate of drug-likeness (QED) is 0.642. The van der Waals surface area contributed by atoms with Gasteiger partial charge in [0.1, 0.15) is 11.8 Å². The van der Waals surface area contributed by atoms with Gasteiger partial charge in [-0.15, -0.1) is 0 Å². The molecule has 128 valence electrons. The number of thiocarbonyl (C=S) groups is 1. The molecular formula is C18H23BrN3OS+. The molecule has 0 fully saturated rings. The largest absolute Gasteiger partial charge is 0.497 e. The minimum Gasteiger partial charge on any atom is -0.497 e. The molecule has 2 aromatic carbocycles. The van der Waals surface area contributed by atoms with Gasteiger partial charge in [0.25, 0.3) is 0 Å². The highest BCUT2D eigenvalue weighted by atomic mass is 79.9. The highest BCUT2D eigenvalue weighted by Crippen LogP contribution is 2.17. The van der Waals surface area contributed by atoms with E-state index < -0.39 is 0 Å². The van der Waals surface area contributed by atoms with E-state index in [0.717, 1.165) is 22.5 Å². The van der Waals surface area contributed by atoms with Crippen molar-refractivity contribution in [3.63, 3.8) is 0 Å². The van der Waals surface area contributed by atoms with Gasteiger partial charge in [-0.3, -0.25) is 0 Å². The number of ether oxygens (including phenoxy) is 1. The summed E-state index contributed by atoms with van der Waals surface area (Å²) in [6, 6.07) is 16.4. The predicted molar refractivity (Wildman–Crippen MR) is 107 cm³/mol. The zero-order chi connectivity index (χ0) is 17.5. The number of rotatable bonds is 6. The van der Waals surface area contributed by atoms with Gasteiger partial charge in [0.15, 0.2) is 5.11 Å². The zero-order valence-corrected chi connectivity index (χ0v) is 16.5. The fourth-order valence-electron chi connectivity index (χ4n) is 2.43. The number of halogens is 1. The Kier molecular flexibility index (Phi) is 7.02. The van der Waals surface area contributed by atoms with E-state index >= 15 is 0 Å². The molecule has 24 heavy (non-hydrogen) atoms. The first-order valence-corrected chi connectivity index (χ1v) is 8.94. The Morgan fingerprint density at radius 2 is 1.92 bits per heavy atom. The van der Waals surface area contributed by atoms with Gasteiger partial charge in [-0.1, -0.05) is 22.0 Å². The second-order valence-electron chi connectivity index (χ2n) is 5.75. The third-order valence-electron chi connectivity index (χ3n) is 3.76. The third-order valence-corrected chi connectivity index (χ3v) is 4.50. The Morgan fingerprint density at radius 1 is 1.21 bits per heavy atom. The lowest BCUT2D eigenvalue weighted by molar-refractivity contribution is -0.890. The highest BCUT2D eigenvalue weighted by molar-refractivity contribution is 9.10.